The highest BCUT2D eigenvalue weighted by atomic mass is 35.5. The number of nitrogens with one attached hydrogen (secondary N) is 1. The van der Waals surface area contributed by atoms with Crippen LogP contribution in [0.4, 0.5) is 10.5 Å². The van der Waals surface area contributed by atoms with Crippen LogP contribution in [0.15, 0.2) is 65.9 Å². The van der Waals surface area contributed by atoms with Gasteiger partial charge in [-0.25, -0.2) is 4.79 Å². The first-order chi connectivity index (χ1) is 14.9. The molecule has 0 saturated heterocycles. The first-order valence-electron chi connectivity index (χ1n) is 10.1. The summed E-state index contributed by atoms with van der Waals surface area (Å²) in [5.74, 6) is 1.47. The molecule has 0 unspecified atom stereocenters. The van der Waals surface area contributed by atoms with Gasteiger partial charge in [-0.3, -0.25) is 9.80 Å². The van der Waals surface area contributed by atoms with Crippen molar-refractivity contribution in [2.75, 3.05) is 18.5 Å². The Bertz CT molecular complexity index is 942. The van der Waals surface area contributed by atoms with Crippen LogP contribution < -0.4 is 10.1 Å². The number of urea groups is 1. The van der Waals surface area contributed by atoms with Crippen molar-refractivity contribution in [2.45, 2.75) is 32.9 Å². The number of carbonyl (C=O) groups is 1. The number of aliphatic hydroxyl groups is 1. The standard InChI is InChI=1S/C23H27ClN4O3/c1-16(2)31-21-11-9-20(10-12-21)26-22-25-17(3)27(13-4-14-29)23(30)28(22)15-18-5-7-19(24)8-6-18/h5-12,16,29H,3-4,13-15H2,1-2H3,(H,25,26). The second-order valence-electron chi connectivity index (χ2n) is 7.39. The maximum absolute atomic E-state index is 13.2. The molecule has 3 rings (SSSR count). The molecular weight excluding hydrogens is 416 g/mol. The smallest absolute Gasteiger partial charge is 0.332 e. The highest BCUT2D eigenvalue weighted by molar-refractivity contribution is 6.30. The van der Waals surface area contributed by atoms with Gasteiger partial charge in [0.1, 0.15) is 11.6 Å². The third kappa shape index (κ3) is 5.99. The molecule has 0 atom stereocenters. The SMILES string of the molecule is C=C1N=C(Nc2ccc(OC(C)C)cc2)N(Cc2ccc(Cl)cc2)C(=O)N1CCCO. The number of hydrogen-bond donors (Lipinski definition) is 2. The highest BCUT2D eigenvalue weighted by Crippen LogP contribution is 2.23. The van der Waals surface area contributed by atoms with Gasteiger partial charge in [-0.2, -0.15) is 4.99 Å². The molecule has 0 spiro atoms. The van der Waals surface area contributed by atoms with Crippen molar-refractivity contribution in [1.29, 1.82) is 0 Å². The number of rotatable bonds is 8. The monoisotopic (exact) mass is 442 g/mol. The Morgan fingerprint density at radius 3 is 2.42 bits per heavy atom. The Hall–Kier alpha value is -3.03. The summed E-state index contributed by atoms with van der Waals surface area (Å²) < 4.78 is 5.68. The van der Waals surface area contributed by atoms with E-state index >= 15 is 0 Å². The third-order valence-electron chi connectivity index (χ3n) is 4.54. The van der Waals surface area contributed by atoms with Gasteiger partial charge in [0, 0.05) is 23.9 Å². The molecule has 0 bridgehead atoms. The van der Waals surface area contributed by atoms with Gasteiger partial charge in [0.15, 0.2) is 0 Å². The molecule has 2 aromatic carbocycles. The Balaban J connectivity index is 1.85. The number of aliphatic imine (C=N–C) groups is 1. The molecule has 2 N–H and O–H groups in total. The number of aliphatic hydroxyl groups excluding tert-OH is 1. The van der Waals surface area contributed by atoms with E-state index in [0.717, 1.165) is 17.0 Å². The van der Waals surface area contributed by atoms with Gasteiger partial charge < -0.3 is 15.2 Å². The van der Waals surface area contributed by atoms with E-state index in [9.17, 15) is 4.79 Å². The molecule has 1 heterocycles. The van der Waals surface area contributed by atoms with Crippen molar-refractivity contribution >= 4 is 29.3 Å². The minimum atomic E-state index is -0.259. The molecule has 31 heavy (non-hydrogen) atoms. The summed E-state index contributed by atoms with van der Waals surface area (Å²) in [7, 11) is 0. The number of anilines is 1. The fourth-order valence-corrected chi connectivity index (χ4v) is 3.20. The average Bonchev–Trinajstić information content (AvgIpc) is 2.73. The van der Waals surface area contributed by atoms with E-state index < -0.39 is 0 Å². The van der Waals surface area contributed by atoms with Crippen LogP contribution >= 0.6 is 11.6 Å². The predicted molar refractivity (Wildman–Crippen MR) is 123 cm³/mol. The molecule has 0 saturated carbocycles. The molecule has 2 amide bonds. The number of hydrogen-bond acceptors (Lipinski definition) is 5. The normalized spacial score (nSPS) is 14.2. The highest BCUT2D eigenvalue weighted by Gasteiger charge is 2.31. The molecule has 164 valence electrons. The van der Waals surface area contributed by atoms with Gasteiger partial charge in [0.05, 0.1) is 12.6 Å². The zero-order valence-corrected chi connectivity index (χ0v) is 18.5. The summed E-state index contributed by atoms with van der Waals surface area (Å²) in [6.45, 7) is 8.48. The van der Waals surface area contributed by atoms with Gasteiger partial charge in [0.2, 0.25) is 5.96 Å². The van der Waals surface area contributed by atoms with Crippen LogP contribution in [0, 0.1) is 0 Å². The predicted octanol–water partition coefficient (Wildman–Crippen LogP) is 4.69. The molecule has 7 nitrogen and oxygen atoms in total. The topological polar surface area (TPSA) is 77.4 Å². The second-order valence-corrected chi connectivity index (χ2v) is 7.83. The van der Waals surface area contributed by atoms with E-state index in [0.29, 0.717) is 36.3 Å². The number of nitrogens with zero attached hydrogens (tertiary/aromatic N) is 3. The minimum absolute atomic E-state index is 0.0200. The number of guanidine groups is 1. The van der Waals surface area contributed by atoms with E-state index in [1.54, 1.807) is 17.0 Å². The van der Waals surface area contributed by atoms with Crippen molar-refractivity contribution in [3.05, 3.63) is 71.5 Å². The van der Waals surface area contributed by atoms with Gasteiger partial charge >= 0.3 is 6.03 Å². The maximum Gasteiger partial charge on any atom is 0.332 e. The number of amides is 2. The Morgan fingerprint density at radius 1 is 1.13 bits per heavy atom. The van der Waals surface area contributed by atoms with Crippen molar-refractivity contribution in [2.24, 2.45) is 4.99 Å². The van der Waals surface area contributed by atoms with Gasteiger partial charge in [0.25, 0.3) is 0 Å². The van der Waals surface area contributed by atoms with Gasteiger partial charge in [-0.05, 0) is 62.2 Å². The van der Waals surface area contributed by atoms with Crippen LogP contribution in [0.3, 0.4) is 0 Å². The summed E-state index contributed by atoms with van der Waals surface area (Å²) >= 11 is 5.99. The molecule has 0 aliphatic carbocycles. The molecule has 1 aliphatic rings. The number of carbonyl (C=O) groups excluding carboxylic acids is 1. The number of halogens is 1. The maximum atomic E-state index is 13.2. The van der Waals surface area contributed by atoms with Crippen LogP contribution in [-0.4, -0.2) is 46.2 Å². The van der Waals surface area contributed by atoms with E-state index in [1.165, 1.54) is 4.90 Å². The lowest BCUT2D eigenvalue weighted by atomic mass is 10.2. The van der Waals surface area contributed by atoms with Crippen LogP contribution in [0.25, 0.3) is 0 Å². The molecule has 8 heteroatoms. The Morgan fingerprint density at radius 2 is 1.81 bits per heavy atom. The summed E-state index contributed by atoms with van der Waals surface area (Å²) in [6.07, 6.45) is 0.525. The summed E-state index contributed by atoms with van der Waals surface area (Å²) in [4.78, 5) is 20.8. The first-order valence-corrected chi connectivity index (χ1v) is 10.5. The van der Waals surface area contributed by atoms with Crippen molar-refractivity contribution < 1.29 is 14.6 Å². The molecule has 1 aliphatic heterocycles. The van der Waals surface area contributed by atoms with Crippen molar-refractivity contribution in [3.8, 4) is 5.75 Å². The molecular formula is C23H27ClN4O3. The van der Waals surface area contributed by atoms with E-state index in [1.807, 2.05) is 50.2 Å². The fourth-order valence-electron chi connectivity index (χ4n) is 3.07. The molecule has 0 aromatic heterocycles. The quantitative estimate of drug-likeness (QED) is 0.621. The third-order valence-corrected chi connectivity index (χ3v) is 4.79. The molecule has 0 radical (unpaired) electrons. The van der Waals surface area contributed by atoms with Gasteiger partial charge in [-0.15, -0.1) is 0 Å². The zero-order valence-electron chi connectivity index (χ0n) is 17.7. The average molecular weight is 443 g/mol. The van der Waals surface area contributed by atoms with E-state index in [-0.39, 0.29) is 18.7 Å². The molecule has 2 aromatic rings. The summed E-state index contributed by atoms with van der Waals surface area (Å²) in [5, 5.41) is 13.0. The number of ether oxygens (including phenoxy) is 1. The Kier molecular flexibility index (Phi) is 7.55. The van der Waals surface area contributed by atoms with Crippen LogP contribution in [0.2, 0.25) is 5.02 Å². The largest absolute Gasteiger partial charge is 0.491 e. The lowest BCUT2D eigenvalue weighted by molar-refractivity contribution is 0.176. The minimum Gasteiger partial charge on any atom is -0.491 e. The van der Waals surface area contributed by atoms with Crippen LogP contribution in [0.5, 0.6) is 5.75 Å². The van der Waals surface area contributed by atoms with Crippen molar-refractivity contribution in [1.82, 2.24) is 9.80 Å². The zero-order chi connectivity index (χ0) is 22.4. The number of benzene rings is 2. The Labute approximate surface area is 187 Å². The lowest BCUT2D eigenvalue weighted by Crippen LogP contribution is -2.51. The first kappa shape index (κ1) is 22.7. The fraction of sp³-hybridized carbons (Fsp3) is 0.304. The van der Waals surface area contributed by atoms with Gasteiger partial charge in [-0.1, -0.05) is 30.3 Å². The van der Waals surface area contributed by atoms with E-state index in [4.69, 9.17) is 21.4 Å². The van der Waals surface area contributed by atoms with Crippen LogP contribution in [0.1, 0.15) is 25.8 Å². The lowest BCUT2D eigenvalue weighted by Gasteiger charge is -2.35. The summed E-state index contributed by atoms with van der Waals surface area (Å²) in [6, 6.07) is 14.5. The second kappa shape index (κ2) is 10.3. The summed E-state index contributed by atoms with van der Waals surface area (Å²) in [5.41, 5.74) is 1.67. The van der Waals surface area contributed by atoms with E-state index in [2.05, 4.69) is 16.9 Å². The molecule has 0 fully saturated rings. The van der Waals surface area contributed by atoms with Crippen LogP contribution in [-0.2, 0) is 6.54 Å². The van der Waals surface area contributed by atoms with Crippen molar-refractivity contribution in [3.63, 3.8) is 0 Å².